The highest BCUT2D eigenvalue weighted by Gasteiger charge is 2.17. The van der Waals surface area contributed by atoms with Crippen molar-refractivity contribution < 1.29 is 22.7 Å². The number of hydrogen-bond donors (Lipinski definition) is 2. The van der Waals surface area contributed by atoms with E-state index in [2.05, 4.69) is 10.0 Å². The first-order chi connectivity index (χ1) is 15.7. The Morgan fingerprint density at radius 1 is 0.970 bits per heavy atom. The Kier molecular flexibility index (Phi) is 8.32. The first kappa shape index (κ1) is 24.6. The fraction of sp³-hybridized carbons (Fsp3) is 0.208. The molecule has 0 saturated carbocycles. The summed E-state index contributed by atoms with van der Waals surface area (Å²) in [5.41, 5.74) is 0.485. The Hall–Kier alpha value is -3.07. The zero-order valence-corrected chi connectivity index (χ0v) is 19.8. The molecule has 9 heteroatoms. The van der Waals surface area contributed by atoms with Crippen molar-refractivity contribution in [3.05, 3.63) is 77.8 Å². The normalized spacial score (nSPS) is 11.3. The Balaban J connectivity index is 1.62. The van der Waals surface area contributed by atoms with Gasteiger partial charge in [-0.3, -0.25) is 4.79 Å². The second-order valence-electron chi connectivity index (χ2n) is 7.59. The summed E-state index contributed by atoms with van der Waals surface area (Å²) in [7, 11) is -3.68. The number of halogens is 1. The zero-order chi connectivity index (χ0) is 23.8. The molecule has 0 aromatic heterocycles. The van der Waals surface area contributed by atoms with Gasteiger partial charge in [0.1, 0.15) is 11.5 Å². The zero-order valence-electron chi connectivity index (χ0n) is 18.2. The van der Waals surface area contributed by atoms with Crippen LogP contribution in [0.5, 0.6) is 17.2 Å². The maximum atomic E-state index is 12.4. The van der Waals surface area contributed by atoms with Crippen LogP contribution >= 0.6 is 11.6 Å². The second kappa shape index (κ2) is 11.2. The van der Waals surface area contributed by atoms with Crippen molar-refractivity contribution in [1.82, 2.24) is 4.72 Å². The average Bonchev–Trinajstić information content (AvgIpc) is 2.79. The molecule has 2 N–H and O–H groups in total. The third-order valence-electron chi connectivity index (χ3n) is 4.39. The highest BCUT2D eigenvalue weighted by molar-refractivity contribution is 7.89. The van der Waals surface area contributed by atoms with E-state index in [1.165, 1.54) is 18.2 Å². The molecule has 0 unspecified atom stereocenters. The number of nitrogens with one attached hydrogen (secondary N) is 2. The van der Waals surface area contributed by atoms with Crippen LogP contribution in [0.2, 0.25) is 5.02 Å². The summed E-state index contributed by atoms with van der Waals surface area (Å²) in [6.45, 7) is 3.80. The molecule has 0 aliphatic rings. The number of amides is 1. The fourth-order valence-electron chi connectivity index (χ4n) is 2.73. The van der Waals surface area contributed by atoms with E-state index >= 15 is 0 Å². The number of carbonyl (C=O) groups is 1. The Morgan fingerprint density at radius 3 is 2.36 bits per heavy atom. The van der Waals surface area contributed by atoms with E-state index in [9.17, 15) is 13.2 Å². The monoisotopic (exact) mass is 488 g/mol. The van der Waals surface area contributed by atoms with Gasteiger partial charge in [-0.1, -0.05) is 55.8 Å². The number of benzene rings is 3. The van der Waals surface area contributed by atoms with E-state index < -0.39 is 15.9 Å². The first-order valence-corrected chi connectivity index (χ1v) is 12.1. The SMILES string of the molecule is CC(C)CNS(=O)(=O)c1ccc(OCC(=O)Nc2ccccc2Oc2ccccc2)c(Cl)c1. The molecule has 0 saturated heterocycles. The predicted octanol–water partition coefficient (Wildman–Crippen LogP) is 5.08. The molecular formula is C24H25ClN2O5S. The lowest BCUT2D eigenvalue weighted by molar-refractivity contribution is -0.118. The van der Waals surface area contributed by atoms with Crippen molar-refractivity contribution >= 4 is 33.2 Å². The van der Waals surface area contributed by atoms with Crippen LogP contribution in [0.3, 0.4) is 0 Å². The van der Waals surface area contributed by atoms with Gasteiger partial charge in [0.25, 0.3) is 5.91 Å². The van der Waals surface area contributed by atoms with Crippen molar-refractivity contribution in [2.24, 2.45) is 5.92 Å². The minimum Gasteiger partial charge on any atom is -0.482 e. The molecular weight excluding hydrogens is 464 g/mol. The van der Waals surface area contributed by atoms with Crippen molar-refractivity contribution in [2.45, 2.75) is 18.7 Å². The molecule has 0 radical (unpaired) electrons. The number of carbonyl (C=O) groups excluding carboxylic acids is 1. The van der Waals surface area contributed by atoms with Crippen LogP contribution in [-0.2, 0) is 14.8 Å². The lowest BCUT2D eigenvalue weighted by Crippen LogP contribution is -2.27. The summed E-state index contributed by atoms with van der Waals surface area (Å²) in [5, 5.41) is 2.83. The molecule has 7 nitrogen and oxygen atoms in total. The lowest BCUT2D eigenvalue weighted by atomic mass is 10.2. The minimum absolute atomic E-state index is 0.0249. The van der Waals surface area contributed by atoms with Crippen LogP contribution in [0.4, 0.5) is 5.69 Å². The number of anilines is 1. The summed E-state index contributed by atoms with van der Waals surface area (Å²) in [4.78, 5) is 12.5. The van der Waals surface area contributed by atoms with Crippen LogP contribution in [0, 0.1) is 5.92 Å². The van der Waals surface area contributed by atoms with Gasteiger partial charge >= 0.3 is 0 Å². The van der Waals surface area contributed by atoms with Gasteiger partial charge in [-0.25, -0.2) is 13.1 Å². The van der Waals surface area contributed by atoms with Crippen LogP contribution in [-0.4, -0.2) is 27.5 Å². The smallest absolute Gasteiger partial charge is 0.262 e. The summed E-state index contributed by atoms with van der Waals surface area (Å²) in [5.74, 6) is 1.06. The fourth-order valence-corrected chi connectivity index (χ4v) is 4.27. The molecule has 0 spiro atoms. The molecule has 3 rings (SSSR count). The summed E-state index contributed by atoms with van der Waals surface area (Å²) < 4.78 is 38.5. The summed E-state index contributed by atoms with van der Waals surface area (Å²) >= 11 is 6.19. The number of para-hydroxylation sites is 3. The highest BCUT2D eigenvalue weighted by Crippen LogP contribution is 2.30. The number of ether oxygens (including phenoxy) is 2. The van der Waals surface area contributed by atoms with E-state index in [0.717, 1.165) is 0 Å². The molecule has 0 bridgehead atoms. The van der Waals surface area contributed by atoms with Crippen molar-refractivity contribution in [3.8, 4) is 17.2 Å². The van der Waals surface area contributed by atoms with Crippen LogP contribution in [0.1, 0.15) is 13.8 Å². The van der Waals surface area contributed by atoms with Crippen LogP contribution in [0.25, 0.3) is 0 Å². The largest absolute Gasteiger partial charge is 0.482 e. The molecule has 0 heterocycles. The van der Waals surface area contributed by atoms with Crippen molar-refractivity contribution in [1.29, 1.82) is 0 Å². The Labute approximate surface area is 198 Å². The van der Waals surface area contributed by atoms with Gasteiger partial charge in [-0.2, -0.15) is 0 Å². The van der Waals surface area contributed by atoms with E-state index in [4.69, 9.17) is 21.1 Å². The van der Waals surface area contributed by atoms with Gasteiger partial charge < -0.3 is 14.8 Å². The van der Waals surface area contributed by atoms with Gasteiger partial charge in [-0.05, 0) is 48.4 Å². The number of hydrogen-bond acceptors (Lipinski definition) is 5. The van der Waals surface area contributed by atoms with Gasteiger partial charge in [0.15, 0.2) is 12.4 Å². The van der Waals surface area contributed by atoms with Crippen LogP contribution in [0.15, 0.2) is 77.7 Å². The average molecular weight is 489 g/mol. The molecule has 3 aromatic carbocycles. The van der Waals surface area contributed by atoms with E-state index in [0.29, 0.717) is 23.7 Å². The maximum absolute atomic E-state index is 12.4. The molecule has 33 heavy (non-hydrogen) atoms. The summed E-state index contributed by atoms with van der Waals surface area (Å²) in [6, 6.07) is 20.3. The van der Waals surface area contributed by atoms with Gasteiger partial charge in [0, 0.05) is 6.54 Å². The van der Waals surface area contributed by atoms with Crippen LogP contribution < -0.4 is 19.5 Å². The van der Waals surface area contributed by atoms with Crippen molar-refractivity contribution in [2.75, 3.05) is 18.5 Å². The minimum atomic E-state index is -3.68. The highest BCUT2D eigenvalue weighted by atomic mass is 35.5. The molecule has 0 aliphatic carbocycles. The quantitative estimate of drug-likeness (QED) is 0.415. The first-order valence-electron chi connectivity index (χ1n) is 10.3. The molecule has 1 amide bonds. The third kappa shape index (κ3) is 7.21. The third-order valence-corrected chi connectivity index (χ3v) is 6.10. The predicted molar refractivity (Wildman–Crippen MR) is 129 cm³/mol. The van der Waals surface area contributed by atoms with E-state index in [1.807, 2.05) is 44.2 Å². The van der Waals surface area contributed by atoms with E-state index in [1.54, 1.807) is 24.3 Å². The van der Waals surface area contributed by atoms with Gasteiger partial charge in [0.2, 0.25) is 10.0 Å². The molecule has 0 atom stereocenters. The topological polar surface area (TPSA) is 93.7 Å². The number of sulfonamides is 1. The van der Waals surface area contributed by atoms with E-state index in [-0.39, 0.29) is 28.2 Å². The molecule has 0 aliphatic heterocycles. The maximum Gasteiger partial charge on any atom is 0.262 e. The Bertz CT molecular complexity index is 1200. The lowest BCUT2D eigenvalue weighted by Gasteiger charge is -2.13. The van der Waals surface area contributed by atoms with Crippen molar-refractivity contribution in [3.63, 3.8) is 0 Å². The Morgan fingerprint density at radius 2 is 1.67 bits per heavy atom. The molecule has 0 fully saturated rings. The number of rotatable bonds is 10. The summed E-state index contributed by atoms with van der Waals surface area (Å²) in [6.07, 6.45) is 0. The van der Waals surface area contributed by atoms with Gasteiger partial charge in [-0.15, -0.1) is 0 Å². The van der Waals surface area contributed by atoms with Gasteiger partial charge in [0.05, 0.1) is 15.6 Å². The molecule has 3 aromatic rings. The molecule has 174 valence electrons. The standard InChI is InChI=1S/C24H25ClN2O5S/c1-17(2)15-26-33(29,30)19-12-13-22(20(25)14-19)31-16-24(28)27-21-10-6-7-11-23(21)32-18-8-4-3-5-9-18/h3-14,17,26H,15-16H2,1-2H3,(H,27,28). The second-order valence-corrected chi connectivity index (χ2v) is 9.76.